The molecule has 0 unspecified atom stereocenters. The van der Waals surface area contributed by atoms with Gasteiger partial charge in [0.15, 0.2) is 0 Å². The number of anilines is 2. The van der Waals surface area contributed by atoms with Gasteiger partial charge in [0.05, 0.1) is 5.69 Å². The lowest BCUT2D eigenvalue weighted by Gasteiger charge is -2.42. The lowest BCUT2D eigenvalue weighted by molar-refractivity contribution is -0.274. The lowest BCUT2D eigenvalue weighted by atomic mass is 10.1. The molecular formula is C19H21F4N3O. The maximum atomic E-state index is 14.3. The van der Waals surface area contributed by atoms with Crippen LogP contribution in [0.15, 0.2) is 42.5 Å². The maximum Gasteiger partial charge on any atom is 0.573 e. The van der Waals surface area contributed by atoms with Crippen molar-refractivity contribution in [1.29, 1.82) is 0 Å². The van der Waals surface area contributed by atoms with Gasteiger partial charge in [-0.3, -0.25) is 0 Å². The summed E-state index contributed by atoms with van der Waals surface area (Å²) in [6.07, 6.45) is -4.70. The molecule has 0 bridgehead atoms. The summed E-state index contributed by atoms with van der Waals surface area (Å²) in [5.41, 5.74) is 7.61. The van der Waals surface area contributed by atoms with Crippen molar-refractivity contribution < 1.29 is 22.3 Å². The third kappa shape index (κ3) is 4.63. The monoisotopic (exact) mass is 383 g/mol. The molecule has 4 nitrogen and oxygen atoms in total. The lowest BCUT2D eigenvalue weighted by Crippen LogP contribution is -2.52. The molecule has 1 saturated heterocycles. The van der Waals surface area contributed by atoms with Crippen molar-refractivity contribution in [2.45, 2.75) is 25.9 Å². The summed E-state index contributed by atoms with van der Waals surface area (Å²) in [4.78, 5) is 4.05. The van der Waals surface area contributed by atoms with E-state index < -0.39 is 6.36 Å². The summed E-state index contributed by atoms with van der Waals surface area (Å²) in [6, 6.07) is 10.9. The molecule has 3 rings (SSSR count). The van der Waals surface area contributed by atoms with Crippen LogP contribution in [-0.2, 0) is 6.54 Å². The molecule has 0 aromatic heterocycles. The number of hydrogen-bond acceptors (Lipinski definition) is 4. The van der Waals surface area contributed by atoms with Gasteiger partial charge >= 0.3 is 6.36 Å². The molecule has 0 radical (unpaired) electrons. The molecule has 2 aromatic carbocycles. The number of nitrogens with two attached hydrogens (primary N) is 1. The summed E-state index contributed by atoms with van der Waals surface area (Å²) in [6.45, 7) is 4.11. The summed E-state index contributed by atoms with van der Waals surface area (Å²) in [5, 5.41) is 0. The Hall–Kier alpha value is -2.48. The Morgan fingerprint density at radius 3 is 2.37 bits per heavy atom. The molecule has 146 valence electrons. The normalized spacial score (nSPS) is 17.9. The molecule has 0 spiro atoms. The number of ether oxygens (including phenoxy) is 1. The van der Waals surface area contributed by atoms with E-state index in [4.69, 9.17) is 5.73 Å². The first-order valence-corrected chi connectivity index (χ1v) is 8.63. The summed E-state index contributed by atoms with van der Waals surface area (Å²) < 4.78 is 55.0. The molecule has 1 heterocycles. The van der Waals surface area contributed by atoms with Gasteiger partial charge in [-0.2, -0.15) is 0 Å². The zero-order valence-corrected chi connectivity index (χ0v) is 14.8. The molecule has 2 aromatic rings. The van der Waals surface area contributed by atoms with Gasteiger partial charge in [0.1, 0.15) is 11.6 Å². The van der Waals surface area contributed by atoms with Gasteiger partial charge in [-0.15, -0.1) is 13.2 Å². The van der Waals surface area contributed by atoms with Crippen LogP contribution in [0.2, 0.25) is 0 Å². The van der Waals surface area contributed by atoms with Crippen LogP contribution in [0.3, 0.4) is 0 Å². The van der Waals surface area contributed by atoms with E-state index >= 15 is 0 Å². The van der Waals surface area contributed by atoms with Crippen LogP contribution in [0.4, 0.5) is 28.9 Å². The van der Waals surface area contributed by atoms with Crippen molar-refractivity contribution in [2.75, 3.05) is 29.4 Å². The van der Waals surface area contributed by atoms with Crippen LogP contribution in [0.25, 0.3) is 0 Å². The van der Waals surface area contributed by atoms with Gasteiger partial charge in [-0.1, -0.05) is 6.07 Å². The average molecular weight is 383 g/mol. The van der Waals surface area contributed by atoms with Crippen molar-refractivity contribution in [3.05, 3.63) is 53.8 Å². The Bertz CT molecular complexity index is 780. The average Bonchev–Trinajstić information content (AvgIpc) is 2.61. The highest BCUT2D eigenvalue weighted by Crippen LogP contribution is 2.29. The number of rotatable bonds is 4. The van der Waals surface area contributed by atoms with Crippen LogP contribution >= 0.6 is 0 Å². The number of benzene rings is 2. The molecule has 1 aliphatic heterocycles. The Kier molecular flexibility index (Phi) is 5.46. The second-order valence-corrected chi connectivity index (χ2v) is 6.52. The van der Waals surface area contributed by atoms with Gasteiger partial charge in [0.2, 0.25) is 0 Å². The third-order valence-electron chi connectivity index (χ3n) is 4.62. The molecule has 0 saturated carbocycles. The molecule has 1 fully saturated rings. The third-order valence-corrected chi connectivity index (χ3v) is 4.62. The van der Waals surface area contributed by atoms with Gasteiger partial charge in [-0.05, 0) is 48.9 Å². The fourth-order valence-corrected chi connectivity index (χ4v) is 3.33. The highest BCUT2D eigenvalue weighted by atomic mass is 19.4. The summed E-state index contributed by atoms with van der Waals surface area (Å²) in [7, 11) is 0. The topological polar surface area (TPSA) is 41.7 Å². The summed E-state index contributed by atoms with van der Waals surface area (Å²) in [5.74, 6) is -0.549. The van der Waals surface area contributed by atoms with Crippen LogP contribution in [0.1, 0.15) is 12.5 Å². The van der Waals surface area contributed by atoms with E-state index in [2.05, 4.69) is 9.64 Å². The van der Waals surface area contributed by atoms with E-state index in [1.54, 1.807) is 18.2 Å². The largest absolute Gasteiger partial charge is 0.573 e. The van der Waals surface area contributed by atoms with E-state index in [0.29, 0.717) is 25.3 Å². The van der Waals surface area contributed by atoms with Crippen molar-refractivity contribution in [3.8, 4) is 5.75 Å². The molecule has 2 N–H and O–H groups in total. The second kappa shape index (κ2) is 7.64. The van der Waals surface area contributed by atoms with E-state index in [1.807, 2.05) is 17.9 Å². The van der Waals surface area contributed by atoms with E-state index in [0.717, 1.165) is 11.3 Å². The fourth-order valence-electron chi connectivity index (χ4n) is 3.33. The Labute approximate surface area is 155 Å². The zero-order valence-electron chi connectivity index (χ0n) is 14.8. The number of halogens is 4. The number of hydrogen-bond donors (Lipinski definition) is 1. The molecule has 8 heteroatoms. The maximum absolute atomic E-state index is 14.3. The first kappa shape index (κ1) is 19.3. The molecule has 1 aliphatic rings. The minimum atomic E-state index is -4.70. The van der Waals surface area contributed by atoms with E-state index in [9.17, 15) is 17.6 Å². The SMILES string of the molecule is C[C@H]1CN(c2ccc(CN)cc2F)CCN1c1ccc(OC(F)(F)F)cc1. The number of nitrogens with zero attached hydrogens (tertiary/aromatic N) is 2. The van der Waals surface area contributed by atoms with E-state index in [-0.39, 0.29) is 24.2 Å². The predicted molar refractivity (Wildman–Crippen MR) is 96.4 cm³/mol. The molecular weight excluding hydrogens is 362 g/mol. The van der Waals surface area contributed by atoms with Crippen molar-refractivity contribution >= 4 is 11.4 Å². The quantitative estimate of drug-likeness (QED) is 0.814. The zero-order chi connectivity index (χ0) is 19.6. The smallest absolute Gasteiger partial charge is 0.406 e. The van der Waals surface area contributed by atoms with Crippen LogP contribution < -0.4 is 20.3 Å². The molecule has 0 aliphatic carbocycles. The number of alkyl halides is 3. The molecule has 27 heavy (non-hydrogen) atoms. The highest BCUT2D eigenvalue weighted by Gasteiger charge is 2.31. The van der Waals surface area contributed by atoms with Crippen molar-refractivity contribution in [1.82, 2.24) is 0 Å². The minimum absolute atomic E-state index is 0.0571. The van der Waals surface area contributed by atoms with Gasteiger partial charge in [0, 0.05) is 37.9 Å². The number of piperazine rings is 1. The second-order valence-electron chi connectivity index (χ2n) is 6.52. The first-order chi connectivity index (χ1) is 12.8. The standard InChI is InChI=1S/C19H21F4N3O/c1-13-12-25(18-7-2-14(11-24)10-17(18)20)8-9-26(13)15-3-5-16(6-4-15)27-19(21,22)23/h2-7,10,13H,8-9,11-12,24H2,1H3/t13-/m0/s1. The molecule has 0 amide bonds. The van der Waals surface area contributed by atoms with E-state index in [1.165, 1.54) is 18.2 Å². The minimum Gasteiger partial charge on any atom is -0.406 e. The summed E-state index contributed by atoms with van der Waals surface area (Å²) >= 11 is 0. The van der Waals surface area contributed by atoms with Gasteiger partial charge in [-0.25, -0.2) is 4.39 Å². The van der Waals surface area contributed by atoms with Crippen LogP contribution in [-0.4, -0.2) is 32.0 Å². The van der Waals surface area contributed by atoms with Crippen LogP contribution in [0, 0.1) is 5.82 Å². The fraction of sp³-hybridized carbons (Fsp3) is 0.368. The first-order valence-electron chi connectivity index (χ1n) is 8.63. The molecule has 1 atom stereocenters. The van der Waals surface area contributed by atoms with Gasteiger partial charge < -0.3 is 20.3 Å². The Balaban J connectivity index is 1.68. The van der Waals surface area contributed by atoms with Crippen molar-refractivity contribution in [3.63, 3.8) is 0 Å². The van der Waals surface area contributed by atoms with Gasteiger partial charge in [0.25, 0.3) is 0 Å². The Morgan fingerprint density at radius 2 is 1.81 bits per heavy atom. The van der Waals surface area contributed by atoms with Crippen LogP contribution in [0.5, 0.6) is 5.75 Å². The predicted octanol–water partition coefficient (Wildman–Crippen LogP) is 3.90. The van der Waals surface area contributed by atoms with Crippen molar-refractivity contribution in [2.24, 2.45) is 5.73 Å². The Morgan fingerprint density at radius 1 is 1.11 bits per heavy atom. The highest BCUT2D eigenvalue weighted by molar-refractivity contribution is 5.55.